The van der Waals surface area contributed by atoms with Gasteiger partial charge in [0.1, 0.15) is 0 Å². The van der Waals surface area contributed by atoms with Crippen molar-refractivity contribution < 1.29 is 23.8 Å². The summed E-state index contributed by atoms with van der Waals surface area (Å²) in [5, 5.41) is 1.05. The first-order valence-corrected chi connectivity index (χ1v) is 9.02. The van der Waals surface area contributed by atoms with Gasteiger partial charge in [0.05, 0.1) is 26.8 Å². The second-order valence-electron chi connectivity index (χ2n) is 6.36. The van der Waals surface area contributed by atoms with Gasteiger partial charge < -0.3 is 14.2 Å². The summed E-state index contributed by atoms with van der Waals surface area (Å²) in [6.45, 7) is 0. The highest BCUT2D eigenvalue weighted by Gasteiger charge is 2.21. The monoisotopic (exact) mass is 381 g/mol. The number of benzene rings is 1. The Balaban J connectivity index is 1.73. The molecule has 0 spiro atoms. The molecule has 146 valence electrons. The van der Waals surface area contributed by atoms with Crippen molar-refractivity contribution in [2.24, 2.45) is 0 Å². The van der Waals surface area contributed by atoms with E-state index in [1.54, 1.807) is 12.2 Å². The average Bonchev–Trinajstić information content (AvgIpc) is 3.10. The molecule has 0 aliphatic heterocycles. The van der Waals surface area contributed by atoms with Gasteiger partial charge >= 0.3 is 6.09 Å². The summed E-state index contributed by atoms with van der Waals surface area (Å²) in [7, 11) is 4.31. The number of Topliss-reactive ketones (excluding diaryl/α,β-unsaturated/α-hetero) is 1. The van der Waals surface area contributed by atoms with Gasteiger partial charge in [-0.3, -0.25) is 9.36 Å². The average molecular weight is 381 g/mol. The van der Waals surface area contributed by atoms with E-state index in [9.17, 15) is 9.59 Å². The van der Waals surface area contributed by atoms with Crippen LogP contribution in [0.4, 0.5) is 4.79 Å². The quantitative estimate of drug-likeness (QED) is 0.703. The summed E-state index contributed by atoms with van der Waals surface area (Å²) in [6, 6.07) is 7.78. The van der Waals surface area contributed by atoms with Gasteiger partial charge in [-0.1, -0.05) is 24.3 Å². The van der Waals surface area contributed by atoms with Crippen molar-refractivity contribution in [3.63, 3.8) is 0 Å². The van der Waals surface area contributed by atoms with Crippen molar-refractivity contribution in [2.45, 2.75) is 19.3 Å². The van der Waals surface area contributed by atoms with Gasteiger partial charge in [0, 0.05) is 11.6 Å². The number of ketones is 1. The van der Waals surface area contributed by atoms with Crippen LogP contribution in [-0.2, 0) is 25.4 Å². The number of carbonyl (C=O) groups is 2. The molecule has 0 N–H and O–H groups in total. The maximum atomic E-state index is 12.0. The van der Waals surface area contributed by atoms with Crippen LogP contribution in [0.15, 0.2) is 65.8 Å². The van der Waals surface area contributed by atoms with Gasteiger partial charge in [-0.05, 0) is 48.6 Å². The Morgan fingerprint density at radius 1 is 1.07 bits per heavy atom. The minimum absolute atomic E-state index is 0.252. The fourth-order valence-corrected chi connectivity index (χ4v) is 3.28. The summed E-state index contributed by atoms with van der Waals surface area (Å²) in [5.74, 6) is 0.288. The number of carbonyl (C=O) groups excluding carboxylic acids is 2. The molecule has 0 saturated heterocycles. The van der Waals surface area contributed by atoms with Crippen molar-refractivity contribution in [3.8, 4) is 0 Å². The molecule has 0 radical (unpaired) electrons. The Bertz CT molecular complexity index is 968. The van der Waals surface area contributed by atoms with Crippen LogP contribution in [0.25, 0.3) is 10.9 Å². The lowest BCUT2D eigenvalue weighted by molar-refractivity contribution is -0.117. The summed E-state index contributed by atoms with van der Waals surface area (Å²) in [5.41, 5.74) is 2.82. The standard InChI is InChI=1S/C22H23NO5/c1-26-19-12-15(13-20(27-2)21(19)24)8-4-5-9-16-14-23(22(25)28-3)18-11-7-6-10-17(16)18/h6-8,10-14H,4-5,9H2,1-3H3. The van der Waals surface area contributed by atoms with E-state index in [2.05, 4.69) is 0 Å². The second-order valence-corrected chi connectivity index (χ2v) is 6.36. The molecular weight excluding hydrogens is 358 g/mol. The lowest BCUT2D eigenvalue weighted by Crippen LogP contribution is -2.13. The minimum Gasteiger partial charge on any atom is -0.492 e. The Kier molecular flexibility index (Phi) is 5.99. The van der Waals surface area contributed by atoms with Crippen LogP contribution in [0, 0.1) is 0 Å². The van der Waals surface area contributed by atoms with E-state index in [1.165, 1.54) is 25.9 Å². The summed E-state index contributed by atoms with van der Waals surface area (Å²) in [4.78, 5) is 24.0. The number of rotatable bonds is 6. The molecule has 0 amide bonds. The highest BCUT2D eigenvalue weighted by molar-refractivity contribution is 6.07. The third-order valence-corrected chi connectivity index (χ3v) is 4.68. The molecule has 0 bridgehead atoms. The fraction of sp³-hybridized carbons (Fsp3) is 0.273. The molecule has 28 heavy (non-hydrogen) atoms. The smallest absolute Gasteiger partial charge is 0.418 e. The molecule has 6 heteroatoms. The molecule has 1 aliphatic carbocycles. The number of ether oxygens (including phenoxy) is 3. The van der Waals surface area contributed by atoms with Gasteiger partial charge in [0.25, 0.3) is 5.78 Å². The van der Waals surface area contributed by atoms with Crippen LogP contribution in [0.5, 0.6) is 0 Å². The van der Waals surface area contributed by atoms with Crippen molar-refractivity contribution in [1.29, 1.82) is 0 Å². The number of hydrogen-bond donors (Lipinski definition) is 0. The first kappa shape index (κ1) is 19.5. The number of unbranched alkanes of at least 4 members (excludes halogenated alkanes) is 1. The predicted molar refractivity (Wildman–Crippen MR) is 106 cm³/mol. The summed E-state index contributed by atoms with van der Waals surface area (Å²) in [6.07, 6.45) is 9.43. The number of nitrogens with zero attached hydrogens (tertiary/aromatic N) is 1. The Morgan fingerprint density at radius 2 is 1.75 bits per heavy atom. The lowest BCUT2D eigenvalue weighted by atomic mass is 10.0. The van der Waals surface area contributed by atoms with Crippen molar-refractivity contribution in [1.82, 2.24) is 4.57 Å². The Hall–Kier alpha value is -3.28. The van der Waals surface area contributed by atoms with E-state index in [4.69, 9.17) is 14.2 Å². The summed E-state index contributed by atoms with van der Waals surface area (Å²) >= 11 is 0. The van der Waals surface area contributed by atoms with Crippen LogP contribution in [0.1, 0.15) is 18.4 Å². The lowest BCUT2D eigenvalue weighted by Gasteiger charge is -2.13. The van der Waals surface area contributed by atoms with Crippen LogP contribution < -0.4 is 0 Å². The minimum atomic E-state index is -0.397. The van der Waals surface area contributed by atoms with Crippen molar-refractivity contribution in [3.05, 3.63) is 71.3 Å². The Labute approximate surface area is 163 Å². The predicted octanol–water partition coefficient (Wildman–Crippen LogP) is 4.15. The number of para-hydroxylation sites is 1. The fourth-order valence-electron chi connectivity index (χ4n) is 3.28. The molecule has 6 nitrogen and oxygen atoms in total. The highest BCUT2D eigenvalue weighted by Crippen LogP contribution is 2.24. The number of allylic oxidation sites excluding steroid dienone is 4. The van der Waals surface area contributed by atoms with E-state index in [0.29, 0.717) is 0 Å². The molecule has 2 aromatic rings. The number of aromatic nitrogens is 1. The third kappa shape index (κ3) is 3.86. The molecule has 1 aromatic carbocycles. The van der Waals surface area contributed by atoms with Crippen LogP contribution in [0.3, 0.4) is 0 Å². The molecular formula is C22H23NO5. The molecule has 0 fully saturated rings. The van der Waals surface area contributed by atoms with Gasteiger partial charge in [0.2, 0.25) is 0 Å². The Morgan fingerprint density at radius 3 is 2.39 bits per heavy atom. The number of hydrogen-bond acceptors (Lipinski definition) is 5. The molecule has 1 aromatic heterocycles. The normalized spacial score (nSPS) is 13.8. The molecule has 0 unspecified atom stereocenters. The largest absolute Gasteiger partial charge is 0.492 e. The topological polar surface area (TPSA) is 66.8 Å². The first-order valence-electron chi connectivity index (χ1n) is 9.02. The van der Waals surface area contributed by atoms with E-state index in [1.807, 2.05) is 36.5 Å². The summed E-state index contributed by atoms with van der Waals surface area (Å²) < 4.78 is 16.7. The zero-order valence-corrected chi connectivity index (χ0v) is 16.2. The molecule has 1 aliphatic rings. The van der Waals surface area contributed by atoms with Crippen LogP contribution >= 0.6 is 0 Å². The molecule has 1 heterocycles. The van der Waals surface area contributed by atoms with E-state index in [0.717, 1.165) is 41.3 Å². The van der Waals surface area contributed by atoms with Gasteiger partial charge in [-0.2, -0.15) is 0 Å². The maximum absolute atomic E-state index is 12.0. The van der Waals surface area contributed by atoms with Gasteiger partial charge in [-0.25, -0.2) is 4.79 Å². The van der Waals surface area contributed by atoms with Gasteiger partial charge in [0.15, 0.2) is 11.5 Å². The number of methoxy groups -OCH3 is 3. The van der Waals surface area contributed by atoms with E-state index >= 15 is 0 Å². The first-order chi connectivity index (χ1) is 13.6. The number of fused-ring (bicyclic) bond motifs is 1. The number of aryl methyl sites for hydroxylation is 1. The molecule has 0 atom stereocenters. The van der Waals surface area contributed by atoms with E-state index < -0.39 is 6.09 Å². The molecule has 0 saturated carbocycles. The second kappa shape index (κ2) is 8.61. The van der Waals surface area contributed by atoms with Crippen LogP contribution in [0.2, 0.25) is 0 Å². The van der Waals surface area contributed by atoms with Crippen molar-refractivity contribution >= 4 is 22.8 Å². The van der Waals surface area contributed by atoms with E-state index in [-0.39, 0.29) is 17.3 Å². The van der Waals surface area contributed by atoms with Crippen molar-refractivity contribution in [2.75, 3.05) is 21.3 Å². The SMILES string of the molecule is COC(=O)n1cc(CCCC=C2C=C(OC)C(=O)C(OC)=C2)c2ccccc21. The highest BCUT2D eigenvalue weighted by atomic mass is 16.5. The zero-order valence-electron chi connectivity index (χ0n) is 16.2. The maximum Gasteiger partial charge on any atom is 0.418 e. The third-order valence-electron chi connectivity index (χ3n) is 4.68. The zero-order chi connectivity index (χ0) is 20.1. The van der Waals surface area contributed by atoms with Gasteiger partial charge in [-0.15, -0.1) is 0 Å². The molecule has 3 rings (SSSR count). The van der Waals surface area contributed by atoms with Crippen LogP contribution in [-0.4, -0.2) is 37.8 Å².